The zero-order valence-electron chi connectivity index (χ0n) is 18.7. The summed E-state index contributed by atoms with van der Waals surface area (Å²) in [7, 11) is 0. The predicted octanol–water partition coefficient (Wildman–Crippen LogP) is 5.06. The summed E-state index contributed by atoms with van der Waals surface area (Å²) >= 11 is 0. The molecule has 1 amide bonds. The Balaban J connectivity index is 1.88. The number of hydrogen-bond acceptors (Lipinski definition) is 5. The predicted molar refractivity (Wildman–Crippen MR) is 127 cm³/mol. The van der Waals surface area contributed by atoms with E-state index in [-0.39, 0.29) is 11.3 Å². The molecule has 6 nitrogen and oxygen atoms in total. The van der Waals surface area contributed by atoms with Gasteiger partial charge in [-0.2, -0.15) is 0 Å². The van der Waals surface area contributed by atoms with Crippen LogP contribution in [0.25, 0.3) is 5.76 Å². The van der Waals surface area contributed by atoms with Crippen molar-refractivity contribution in [3.63, 3.8) is 0 Å². The van der Waals surface area contributed by atoms with Crippen LogP contribution in [0.1, 0.15) is 43.0 Å². The summed E-state index contributed by atoms with van der Waals surface area (Å²) in [5, 5.41) is 11.1. The first kappa shape index (κ1) is 22.3. The van der Waals surface area contributed by atoms with E-state index >= 15 is 0 Å². The number of carbonyl (C=O) groups is 2. The lowest BCUT2D eigenvalue weighted by Gasteiger charge is -2.26. The summed E-state index contributed by atoms with van der Waals surface area (Å²) in [5.74, 6) is -1.02. The fourth-order valence-electron chi connectivity index (χ4n) is 3.96. The lowest BCUT2D eigenvalue weighted by Crippen LogP contribution is -2.29. The average Bonchev–Trinajstić information content (AvgIpc) is 3.13. The molecule has 0 saturated carbocycles. The number of ether oxygens (including phenoxy) is 1. The first-order valence-corrected chi connectivity index (χ1v) is 11.1. The minimum Gasteiger partial charge on any atom is -0.507 e. The lowest BCUT2D eigenvalue weighted by molar-refractivity contribution is -0.132. The number of pyridine rings is 1. The number of aromatic nitrogens is 1. The molecule has 0 radical (unpaired) electrons. The summed E-state index contributed by atoms with van der Waals surface area (Å²) in [4.78, 5) is 31.9. The van der Waals surface area contributed by atoms with Crippen LogP contribution in [0.4, 0.5) is 5.69 Å². The normalized spacial score (nSPS) is 17.4. The van der Waals surface area contributed by atoms with Gasteiger partial charge in [0.2, 0.25) is 0 Å². The number of aryl methyl sites for hydroxylation is 1. The van der Waals surface area contributed by atoms with E-state index in [4.69, 9.17) is 4.74 Å². The number of anilines is 1. The summed E-state index contributed by atoms with van der Waals surface area (Å²) in [5.41, 5.74) is 2.89. The van der Waals surface area contributed by atoms with E-state index in [9.17, 15) is 14.7 Å². The van der Waals surface area contributed by atoms with Crippen molar-refractivity contribution in [1.29, 1.82) is 0 Å². The molecule has 1 aromatic heterocycles. The van der Waals surface area contributed by atoms with E-state index in [1.54, 1.807) is 30.3 Å². The van der Waals surface area contributed by atoms with Crippen molar-refractivity contribution in [3.05, 3.63) is 95.3 Å². The van der Waals surface area contributed by atoms with E-state index < -0.39 is 17.7 Å². The van der Waals surface area contributed by atoms with Crippen LogP contribution in [0, 0.1) is 0 Å². The molecule has 0 bridgehead atoms. The van der Waals surface area contributed by atoms with Crippen LogP contribution in [0.2, 0.25) is 0 Å². The molecule has 1 fully saturated rings. The summed E-state index contributed by atoms with van der Waals surface area (Å²) < 4.78 is 5.74. The molecule has 0 spiro atoms. The lowest BCUT2D eigenvalue weighted by atomic mass is 9.94. The van der Waals surface area contributed by atoms with E-state index in [0.29, 0.717) is 23.6 Å². The molecule has 2 aromatic carbocycles. The van der Waals surface area contributed by atoms with Crippen LogP contribution in [0.3, 0.4) is 0 Å². The van der Waals surface area contributed by atoms with E-state index in [0.717, 1.165) is 24.0 Å². The number of hydrogen-bond donors (Lipinski definition) is 1. The Labute approximate surface area is 193 Å². The Morgan fingerprint density at radius 2 is 1.76 bits per heavy atom. The van der Waals surface area contributed by atoms with Crippen molar-refractivity contribution in [2.45, 2.75) is 32.7 Å². The topological polar surface area (TPSA) is 79.7 Å². The Hall–Kier alpha value is -3.93. The molecule has 1 N–H and O–H groups in total. The zero-order chi connectivity index (χ0) is 23.4. The van der Waals surface area contributed by atoms with Gasteiger partial charge in [-0.05, 0) is 48.2 Å². The molecule has 6 heteroatoms. The van der Waals surface area contributed by atoms with Crippen LogP contribution in [-0.2, 0) is 16.0 Å². The molecule has 1 aliphatic heterocycles. The number of ketones is 1. The Bertz CT molecular complexity index is 1190. The second-order valence-corrected chi connectivity index (χ2v) is 7.85. The molecular formula is C27H26N2O4. The second-order valence-electron chi connectivity index (χ2n) is 7.85. The van der Waals surface area contributed by atoms with Crippen molar-refractivity contribution in [2.24, 2.45) is 0 Å². The van der Waals surface area contributed by atoms with Gasteiger partial charge in [-0.3, -0.25) is 19.5 Å². The number of benzene rings is 2. The van der Waals surface area contributed by atoms with Crippen LogP contribution >= 0.6 is 0 Å². The summed E-state index contributed by atoms with van der Waals surface area (Å²) in [6, 6.07) is 17.3. The van der Waals surface area contributed by atoms with Gasteiger partial charge < -0.3 is 9.84 Å². The molecule has 33 heavy (non-hydrogen) atoms. The molecular weight excluding hydrogens is 416 g/mol. The van der Waals surface area contributed by atoms with Crippen molar-refractivity contribution in [1.82, 2.24) is 4.98 Å². The van der Waals surface area contributed by atoms with Gasteiger partial charge in [0.05, 0.1) is 18.2 Å². The highest BCUT2D eigenvalue weighted by atomic mass is 16.5. The maximum absolute atomic E-state index is 13.3. The Morgan fingerprint density at radius 3 is 2.42 bits per heavy atom. The largest absolute Gasteiger partial charge is 0.507 e. The third-order valence-corrected chi connectivity index (χ3v) is 5.67. The van der Waals surface area contributed by atoms with E-state index in [1.807, 2.05) is 37.3 Å². The van der Waals surface area contributed by atoms with Crippen LogP contribution in [-0.4, -0.2) is 28.4 Å². The average molecular weight is 443 g/mol. The maximum atomic E-state index is 13.3. The molecule has 1 saturated heterocycles. The third-order valence-electron chi connectivity index (χ3n) is 5.67. The zero-order valence-corrected chi connectivity index (χ0v) is 18.7. The van der Waals surface area contributed by atoms with Crippen molar-refractivity contribution in [3.8, 4) is 5.75 Å². The Kier molecular flexibility index (Phi) is 6.54. The molecule has 1 atom stereocenters. The van der Waals surface area contributed by atoms with Gasteiger partial charge in [0.25, 0.3) is 11.7 Å². The number of nitrogens with zero attached hydrogens (tertiary/aromatic N) is 2. The molecule has 168 valence electrons. The van der Waals surface area contributed by atoms with E-state index in [1.165, 1.54) is 17.3 Å². The van der Waals surface area contributed by atoms with Crippen molar-refractivity contribution < 1.29 is 19.4 Å². The van der Waals surface area contributed by atoms with Gasteiger partial charge in [0.1, 0.15) is 11.5 Å². The minimum atomic E-state index is -0.773. The van der Waals surface area contributed by atoms with Gasteiger partial charge in [0.15, 0.2) is 0 Å². The second kappa shape index (κ2) is 9.69. The fourth-order valence-corrected chi connectivity index (χ4v) is 3.96. The number of aliphatic hydroxyl groups excluding tert-OH is 1. The molecule has 3 aromatic rings. The van der Waals surface area contributed by atoms with Gasteiger partial charge in [-0.15, -0.1) is 0 Å². The SMILES string of the molecule is CCCOc1cccc(N2C(=O)C(=O)/C(=C(/O)c3ccncc3)C2c2ccc(CC)cc2)c1. The Morgan fingerprint density at radius 1 is 1.03 bits per heavy atom. The van der Waals surface area contributed by atoms with Crippen LogP contribution < -0.4 is 9.64 Å². The quantitative estimate of drug-likeness (QED) is 0.314. The molecule has 1 unspecified atom stereocenters. The fraction of sp³-hybridized carbons (Fsp3) is 0.222. The third kappa shape index (κ3) is 4.37. The smallest absolute Gasteiger partial charge is 0.300 e. The number of aliphatic hydroxyl groups is 1. The number of rotatable bonds is 7. The highest BCUT2D eigenvalue weighted by Gasteiger charge is 2.47. The van der Waals surface area contributed by atoms with Gasteiger partial charge in [-0.1, -0.05) is 44.2 Å². The maximum Gasteiger partial charge on any atom is 0.300 e. The molecule has 2 heterocycles. The van der Waals surface area contributed by atoms with Crippen LogP contribution in [0.5, 0.6) is 5.75 Å². The monoisotopic (exact) mass is 442 g/mol. The van der Waals surface area contributed by atoms with Gasteiger partial charge in [0, 0.05) is 29.7 Å². The number of amides is 1. The van der Waals surface area contributed by atoms with Crippen LogP contribution in [0.15, 0.2) is 78.6 Å². The van der Waals surface area contributed by atoms with Crippen molar-refractivity contribution in [2.75, 3.05) is 11.5 Å². The molecule has 0 aliphatic carbocycles. The van der Waals surface area contributed by atoms with Gasteiger partial charge in [-0.25, -0.2) is 0 Å². The summed E-state index contributed by atoms with van der Waals surface area (Å²) in [6.07, 6.45) is 4.79. The minimum absolute atomic E-state index is 0.0512. The standard InChI is InChI=1S/C27H26N2O4/c1-3-16-33-22-7-5-6-21(17-22)29-24(19-10-8-18(4-2)9-11-19)23(26(31)27(29)32)25(30)20-12-14-28-15-13-20/h5-15,17,24,30H,3-4,16H2,1-2H3/b25-23+. The van der Waals surface area contributed by atoms with Gasteiger partial charge >= 0.3 is 0 Å². The number of carbonyl (C=O) groups excluding carboxylic acids is 2. The molecule has 1 aliphatic rings. The first-order chi connectivity index (χ1) is 16.0. The highest BCUT2D eigenvalue weighted by Crippen LogP contribution is 2.42. The van der Waals surface area contributed by atoms with Crippen molar-refractivity contribution >= 4 is 23.1 Å². The molecule has 4 rings (SSSR count). The van der Waals surface area contributed by atoms with E-state index in [2.05, 4.69) is 11.9 Å². The summed E-state index contributed by atoms with van der Waals surface area (Å²) in [6.45, 7) is 4.63. The number of Topliss-reactive ketones (excluding diaryl/α,β-unsaturated/α-hetero) is 1. The highest BCUT2D eigenvalue weighted by molar-refractivity contribution is 6.51. The first-order valence-electron chi connectivity index (χ1n) is 11.1.